The zero-order chi connectivity index (χ0) is 20.0. The van der Waals surface area contributed by atoms with E-state index in [2.05, 4.69) is 15.1 Å². The number of hydrogen-bond donors (Lipinski definition) is 1. The van der Waals surface area contributed by atoms with E-state index in [0.717, 1.165) is 6.07 Å². The smallest absolute Gasteiger partial charge is 0.338 e. The summed E-state index contributed by atoms with van der Waals surface area (Å²) < 4.78 is 30.0. The van der Waals surface area contributed by atoms with Crippen LogP contribution in [0.3, 0.4) is 0 Å². The number of amides is 1. The lowest BCUT2D eigenvalue weighted by Crippen LogP contribution is -2.26. The highest BCUT2D eigenvalue weighted by molar-refractivity contribution is 7.89. The fourth-order valence-corrected chi connectivity index (χ4v) is 3.10. The first-order valence-corrected chi connectivity index (χ1v) is 9.28. The van der Waals surface area contributed by atoms with Crippen molar-refractivity contribution in [2.75, 3.05) is 26.1 Å². The molecule has 1 heterocycles. The number of esters is 1. The van der Waals surface area contributed by atoms with Crippen LogP contribution in [0.25, 0.3) is 0 Å². The molecule has 0 saturated heterocycles. The van der Waals surface area contributed by atoms with Gasteiger partial charge in [0, 0.05) is 13.2 Å². The van der Waals surface area contributed by atoms with Crippen LogP contribution in [-0.2, 0) is 24.4 Å². The van der Waals surface area contributed by atoms with Crippen molar-refractivity contribution in [2.24, 2.45) is 0 Å². The van der Waals surface area contributed by atoms with Gasteiger partial charge in [-0.15, -0.1) is 0 Å². The summed E-state index contributed by atoms with van der Waals surface area (Å²) in [6.45, 7) is -0.584. The second-order valence-electron chi connectivity index (χ2n) is 5.09. The van der Waals surface area contributed by atoms with Crippen molar-refractivity contribution < 1.29 is 27.6 Å². The number of benzene rings is 1. The maximum absolute atomic E-state index is 12.2. The molecule has 0 unspecified atom stereocenters. The lowest BCUT2D eigenvalue weighted by atomic mass is 10.2. The molecule has 1 aromatic heterocycles. The highest BCUT2D eigenvalue weighted by Gasteiger charge is 2.22. The third-order valence-electron chi connectivity index (χ3n) is 3.33. The molecule has 27 heavy (non-hydrogen) atoms. The molecule has 2 aromatic rings. The summed E-state index contributed by atoms with van der Waals surface area (Å²) in [6, 6.07) is 8.29. The fraction of sp³-hybridized carbons (Fsp3) is 0.188. The summed E-state index contributed by atoms with van der Waals surface area (Å²) in [7, 11) is -1.51. The molecule has 0 spiro atoms. The van der Waals surface area contributed by atoms with Crippen LogP contribution in [0.4, 0.5) is 5.69 Å². The number of ether oxygens (including phenoxy) is 1. The molecule has 1 N–H and O–H groups in total. The summed E-state index contributed by atoms with van der Waals surface area (Å²) in [4.78, 5) is 32.3. The van der Waals surface area contributed by atoms with Crippen molar-refractivity contribution in [1.29, 1.82) is 0 Å². The molecule has 1 aromatic carbocycles. The summed E-state index contributed by atoms with van der Waals surface area (Å²) in [5.41, 5.74) is 0.240. The maximum Gasteiger partial charge on any atom is 0.338 e. The van der Waals surface area contributed by atoms with E-state index in [-0.39, 0.29) is 21.3 Å². The van der Waals surface area contributed by atoms with Gasteiger partial charge in [0.15, 0.2) is 11.8 Å². The van der Waals surface area contributed by atoms with Crippen molar-refractivity contribution in [3.05, 3.63) is 53.3 Å². The van der Waals surface area contributed by atoms with E-state index in [1.807, 2.05) is 0 Å². The first-order valence-electron chi connectivity index (χ1n) is 7.46. The van der Waals surface area contributed by atoms with Crippen LogP contribution in [0.1, 0.15) is 10.4 Å². The Bertz CT molecular complexity index is 951. The first-order chi connectivity index (χ1) is 12.8. The first kappa shape index (κ1) is 20.8. The molecular weight excluding hydrogens is 398 g/mol. The van der Waals surface area contributed by atoms with Crippen LogP contribution in [0.5, 0.6) is 0 Å². The largest absolute Gasteiger partial charge is 0.452 e. The molecule has 0 aliphatic carbocycles. The molecule has 0 fully saturated rings. The monoisotopic (exact) mass is 413 g/mol. The zero-order valence-electron chi connectivity index (χ0n) is 14.4. The fourth-order valence-electron chi connectivity index (χ4n) is 1.91. The van der Waals surface area contributed by atoms with Gasteiger partial charge in [0.05, 0.1) is 23.3 Å². The summed E-state index contributed by atoms with van der Waals surface area (Å²) in [6.07, 6.45) is 1.46. The Kier molecular flexibility index (Phi) is 6.86. The molecule has 9 nitrogen and oxygen atoms in total. The Hall–Kier alpha value is -2.53. The number of anilines is 1. The molecule has 11 heteroatoms. The number of sulfonamides is 1. The van der Waals surface area contributed by atoms with Crippen LogP contribution in [0.15, 0.2) is 47.5 Å². The number of aromatic nitrogens is 1. The minimum atomic E-state index is -3.92. The van der Waals surface area contributed by atoms with Gasteiger partial charge < -0.3 is 10.1 Å². The van der Waals surface area contributed by atoms with E-state index in [4.69, 9.17) is 16.3 Å². The van der Waals surface area contributed by atoms with Gasteiger partial charge in [-0.25, -0.2) is 18.2 Å². The quantitative estimate of drug-likeness (QED) is 0.417. The van der Waals surface area contributed by atoms with Crippen LogP contribution < -0.4 is 5.32 Å². The van der Waals surface area contributed by atoms with Gasteiger partial charge in [0.1, 0.15) is 0 Å². The molecule has 1 amide bonds. The summed E-state index contributed by atoms with van der Waals surface area (Å²) >= 11 is 5.82. The molecular formula is C16H16ClN3O6S. The standard InChI is InChI=1S/C16H16ClN3O6S/c1-20(25-2)27(23,24)12-6-3-5-11(9-12)16(22)26-10-14(21)19-13-7-4-8-18-15(13)17/h3-9H,10H2,1-2H3,(H,19,21). The van der Waals surface area contributed by atoms with Gasteiger partial charge in [-0.2, -0.15) is 0 Å². The van der Waals surface area contributed by atoms with Gasteiger partial charge in [0.2, 0.25) is 0 Å². The Morgan fingerprint density at radius 3 is 2.67 bits per heavy atom. The van der Waals surface area contributed by atoms with Gasteiger partial charge >= 0.3 is 5.97 Å². The third-order valence-corrected chi connectivity index (χ3v) is 5.31. The highest BCUT2D eigenvalue weighted by Crippen LogP contribution is 2.18. The Balaban J connectivity index is 2.03. The van der Waals surface area contributed by atoms with E-state index < -0.39 is 28.5 Å². The van der Waals surface area contributed by atoms with Gasteiger partial charge in [-0.3, -0.25) is 9.63 Å². The van der Waals surface area contributed by atoms with E-state index in [9.17, 15) is 18.0 Å². The van der Waals surface area contributed by atoms with Crippen LogP contribution in [0, 0.1) is 0 Å². The number of nitrogens with one attached hydrogen (secondary N) is 1. The van der Waals surface area contributed by atoms with Gasteiger partial charge in [0.25, 0.3) is 15.9 Å². The molecule has 0 aliphatic heterocycles. The minimum absolute atomic E-state index is 0.0345. The van der Waals surface area contributed by atoms with Crippen LogP contribution in [0.2, 0.25) is 5.15 Å². The molecule has 0 saturated carbocycles. The van der Waals surface area contributed by atoms with E-state index >= 15 is 0 Å². The minimum Gasteiger partial charge on any atom is -0.452 e. The number of halogens is 1. The number of pyridine rings is 1. The SMILES string of the molecule is CON(C)S(=O)(=O)c1cccc(C(=O)OCC(=O)Nc2cccnc2Cl)c1. The van der Waals surface area contributed by atoms with Gasteiger partial charge in [-0.05, 0) is 30.3 Å². The Morgan fingerprint density at radius 2 is 2.00 bits per heavy atom. The average Bonchev–Trinajstić information content (AvgIpc) is 2.67. The van der Waals surface area contributed by atoms with E-state index in [0.29, 0.717) is 4.47 Å². The van der Waals surface area contributed by atoms with Crippen molar-refractivity contribution >= 4 is 39.2 Å². The number of hydrogen-bond acceptors (Lipinski definition) is 7. The van der Waals surface area contributed by atoms with Crippen molar-refractivity contribution in [1.82, 2.24) is 9.45 Å². The average molecular weight is 414 g/mol. The lowest BCUT2D eigenvalue weighted by Gasteiger charge is -2.14. The third kappa shape index (κ3) is 5.23. The number of nitrogens with zero attached hydrogens (tertiary/aromatic N) is 2. The Morgan fingerprint density at radius 1 is 1.26 bits per heavy atom. The molecule has 144 valence electrons. The van der Waals surface area contributed by atoms with Gasteiger partial charge in [-0.1, -0.05) is 22.1 Å². The second kappa shape index (κ2) is 8.91. The van der Waals surface area contributed by atoms with Crippen LogP contribution >= 0.6 is 11.6 Å². The summed E-state index contributed by atoms with van der Waals surface area (Å²) in [5.74, 6) is -1.49. The van der Waals surface area contributed by atoms with Crippen molar-refractivity contribution in [2.45, 2.75) is 4.90 Å². The normalized spacial score (nSPS) is 11.3. The summed E-state index contributed by atoms with van der Waals surface area (Å²) in [5, 5.41) is 2.54. The number of carbonyl (C=O) groups excluding carboxylic acids is 2. The van der Waals surface area contributed by atoms with E-state index in [1.165, 1.54) is 44.6 Å². The highest BCUT2D eigenvalue weighted by atomic mass is 35.5. The lowest BCUT2D eigenvalue weighted by molar-refractivity contribution is -0.119. The number of rotatable bonds is 7. The maximum atomic E-state index is 12.2. The molecule has 0 aliphatic rings. The molecule has 0 atom stereocenters. The van der Waals surface area contributed by atoms with E-state index in [1.54, 1.807) is 6.07 Å². The Labute approximate surface area is 160 Å². The number of hydroxylamine groups is 1. The topological polar surface area (TPSA) is 115 Å². The zero-order valence-corrected chi connectivity index (χ0v) is 16.0. The van der Waals surface area contributed by atoms with Crippen molar-refractivity contribution in [3.8, 4) is 0 Å². The predicted molar refractivity (Wildman–Crippen MR) is 96.6 cm³/mol. The van der Waals surface area contributed by atoms with Crippen molar-refractivity contribution in [3.63, 3.8) is 0 Å². The molecule has 0 bridgehead atoms. The number of carbonyl (C=O) groups is 2. The second-order valence-corrected chi connectivity index (χ2v) is 7.39. The van der Waals surface area contributed by atoms with Crippen LogP contribution in [-0.4, -0.2) is 50.5 Å². The predicted octanol–water partition coefficient (Wildman–Crippen LogP) is 1.71. The molecule has 0 radical (unpaired) electrons. The molecule has 2 rings (SSSR count).